The minimum absolute atomic E-state index is 0.194. The van der Waals surface area contributed by atoms with E-state index in [2.05, 4.69) is 5.32 Å². The van der Waals surface area contributed by atoms with Crippen LogP contribution < -0.4 is 5.32 Å². The molecule has 10 heteroatoms. The van der Waals surface area contributed by atoms with Gasteiger partial charge in [0.15, 0.2) is 0 Å². The van der Waals surface area contributed by atoms with Crippen LogP contribution in [-0.4, -0.2) is 46.1 Å². The Bertz CT molecular complexity index is 1410. The van der Waals surface area contributed by atoms with Crippen LogP contribution in [0.5, 0.6) is 0 Å². The molecule has 0 atom stereocenters. The first-order valence-electron chi connectivity index (χ1n) is 10.9. The molecule has 2 heterocycles. The number of imide groups is 1. The quantitative estimate of drug-likeness (QED) is 0.384. The number of anilines is 1. The minimum Gasteiger partial charge on any atom is -0.465 e. The number of benzene rings is 2. The van der Waals surface area contributed by atoms with Crippen LogP contribution in [0.25, 0.3) is 11.8 Å². The third-order valence-corrected chi connectivity index (χ3v) is 6.49. The molecule has 0 unspecified atom stereocenters. The maximum absolute atomic E-state index is 13.3. The van der Waals surface area contributed by atoms with E-state index in [1.807, 2.05) is 24.5 Å². The van der Waals surface area contributed by atoms with Crippen molar-refractivity contribution in [2.75, 3.05) is 19.0 Å². The molecule has 1 aromatic heterocycles. The minimum atomic E-state index is -0.613. The highest BCUT2D eigenvalue weighted by atomic mass is 32.2. The van der Waals surface area contributed by atoms with Gasteiger partial charge in [-0.1, -0.05) is 6.07 Å². The van der Waals surface area contributed by atoms with Gasteiger partial charge >= 0.3 is 5.97 Å². The Morgan fingerprint density at radius 2 is 1.81 bits per heavy atom. The molecular formula is C26H22FN3O5S. The molecule has 4 rings (SSSR count). The van der Waals surface area contributed by atoms with Gasteiger partial charge in [0.25, 0.3) is 11.1 Å². The smallest absolute Gasteiger partial charge is 0.337 e. The topological polar surface area (TPSA) is 97.7 Å². The molecule has 184 valence electrons. The third kappa shape index (κ3) is 5.08. The number of methoxy groups -OCH3 is 1. The summed E-state index contributed by atoms with van der Waals surface area (Å²) in [6.45, 7) is 3.30. The van der Waals surface area contributed by atoms with Gasteiger partial charge in [-0.25, -0.2) is 9.18 Å². The fraction of sp³-hybridized carbons (Fsp3) is 0.154. The molecule has 3 aromatic rings. The summed E-state index contributed by atoms with van der Waals surface area (Å²) in [4.78, 5) is 50.4. The predicted molar refractivity (Wildman–Crippen MR) is 134 cm³/mol. The maximum atomic E-state index is 13.3. The molecule has 1 aliphatic rings. The van der Waals surface area contributed by atoms with Gasteiger partial charge in [-0.15, -0.1) is 0 Å². The molecule has 0 aliphatic carbocycles. The number of hydrogen-bond donors (Lipinski definition) is 1. The van der Waals surface area contributed by atoms with Crippen molar-refractivity contribution in [3.05, 3.63) is 87.8 Å². The number of carbonyl (C=O) groups is 4. The fourth-order valence-electron chi connectivity index (χ4n) is 3.88. The number of aromatic nitrogens is 1. The molecule has 0 bridgehead atoms. The first-order valence-corrected chi connectivity index (χ1v) is 11.7. The average molecular weight is 508 g/mol. The number of halogens is 1. The summed E-state index contributed by atoms with van der Waals surface area (Å²) >= 11 is 0.753. The van der Waals surface area contributed by atoms with Crippen LogP contribution in [-0.2, 0) is 14.3 Å². The maximum Gasteiger partial charge on any atom is 0.337 e. The van der Waals surface area contributed by atoms with Gasteiger partial charge in [-0.05, 0) is 85.8 Å². The van der Waals surface area contributed by atoms with E-state index in [0.717, 1.165) is 45.4 Å². The van der Waals surface area contributed by atoms with Crippen molar-refractivity contribution in [2.24, 2.45) is 0 Å². The third-order valence-electron chi connectivity index (χ3n) is 5.59. The lowest BCUT2D eigenvalue weighted by Gasteiger charge is -2.12. The SMILES string of the molecule is COC(=O)c1ccc(-n2c(C)cc(/C=C3/SC(=O)N(CC(=O)Nc4cccc(F)c4)C3=O)c2C)cc1. The van der Waals surface area contributed by atoms with Crippen LogP contribution in [0.3, 0.4) is 0 Å². The molecule has 1 fully saturated rings. The van der Waals surface area contributed by atoms with Gasteiger partial charge in [0.2, 0.25) is 5.91 Å². The summed E-state index contributed by atoms with van der Waals surface area (Å²) in [5.41, 5.74) is 3.93. The van der Waals surface area contributed by atoms with Gasteiger partial charge in [0.05, 0.1) is 17.6 Å². The standard InChI is InChI=1S/C26H22FN3O5S/c1-15-11-18(16(2)30(15)21-9-7-17(8-10-21)25(33)35-3)12-22-24(32)29(26(34)36-22)14-23(31)28-20-6-4-5-19(27)13-20/h4-13H,14H2,1-3H3,(H,28,31)/b22-12+. The van der Waals surface area contributed by atoms with Gasteiger partial charge in [-0.2, -0.15) is 0 Å². The number of nitrogens with one attached hydrogen (secondary N) is 1. The van der Waals surface area contributed by atoms with E-state index >= 15 is 0 Å². The summed E-state index contributed by atoms with van der Waals surface area (Å²) in [7, 11) is 1.32. The molecule has 0 spiro atoms. The Morgan fingerprint density at radius 3 is 2.47 bits per heavy atom. The van der Waals surface area contributed by atoms with Crippen molar-refractivity contribution >= 4 is 46.5 Å². The first kappa shape index (κ1) is 24.9. The van der Waals surface area contributed by atoms with Crippen LogP contribution in [0.15, 0.2) is 59.5 Å². The zero-order valence-electron chi connectivity index (χ0n) is 19.7. The Hall–Kier alpha value is -4.18. The van der Waals surface area contributed by atoms with Crippen molar-refractivity contribution in [3.8, 4) is 5.69 Å². The van der Waals surface area contributed by atoms with E-state index in [9.17, 15) is 23.6 Å². The molecule has 0 saturated carbocycles. The number of nitrogens with zero attached hydrogens (tertiary/aromatic N) is 2. The second-order valence-corrected chi connectivity index (χ2v) is 9.02. The van der Waals surface area contributed by atoms with Crippen LogP contribution >= 0.6 is 11.8 Å². The average Bonchev–Trinajstić information content (AvgIpc) is 3.27. The second kappa shape index (κ2) is 10.2. The van der Waals surface area contributed by atoms with Crippen LogP contribution in [0.4, 0.5) is 14.9 Å². The molecule has 36 heavy (non-hydrogen) atoms. The van der Waals surface area contributed by atoms with E-state index < -0.39 is 35.4 Å². The van der Waals surface area contributed by atoms with Crippen LogP contribution in [0.2, 0.25) is 0 Å². The highest BCUT2D eigenvalue weighted by Crippen LogP contribution is 2.33. The van der Waals surface area contributed by atoms with E-state index in [0.29, 0.717) is 5.56 Å². The monoisotopic (exact) mass is 507 g/mol. The normalized spacial score (nSPS) is 14.4. The number of carbonyl (C=O) groups excluding carboxylic acids is 4. The van der Waals surface area contributed by atoms with Gasteiger partial charge in [0, 0.05) is 22.8 Å². The predicted octanol–water partition coefficient (Wildman–Crippen LogP) is 4.69. The van der Waals surface area contributed by atoms with E-state index in [4.69, 9.17) is 4.74 Å². The van der Waals surface area contributed by atoms with Crippen molar-refractivity contribution in [1.29, 1.82) is 0 Å². The van der Waals surface area contributed by atoms with Gasteiger partial charge < -0.3 is 14.6 Å². The second-order valence-electron chi connectivity index (χ2n) is 8.03. The molecule has 0 radical (unpaired) electrons. The Labute approximate surface area is 210 Å². The lowest BCUT2D eigenvalue weighted by Crippen LogP contribution is -2.36. The zero-order valence-corrected chi connectivity index (χ0v) is 20.5. The van der Waals surface area contributed by atoms with Crippen LogP contribution in [0, 0.1) is 19.7 Å². The zero-order chi connectivity index (χ0) is 26.0. The number of esters is 1. The highest BCUT2D eigenvalue weighted by molar-refractivity contribution is 8.18. The van der Waals surface area contributed by atoms with Crippen molar-refractivity contribution in [3.63, 3.8) is 0 Å². The number of ether oxygens (including phenoxy) is 1. The van der Waals surface area contributed by atoms with Gasteiger partial charge in [0.1, 0.15) is 12.4 Å². The molecule has 1 aliphatic heterocycles. The Balaban J connectivity index is 1.52. The van der Waals surface area contributed by atoms with Crippen molar-refractivity contribution < 1.29 is 28.3 Å². The summed E-state index contributed by atoms with van der Waals surface area (Å²) in [6, 6.07) is 14.1. The molecule has 2 aromatic carbocycles. The summed E-state index contributed by atoms with van der Waals surface area (Å²) in [6.07, 6.45) is 1.62. The molecule has 1 saturated heterocycles. The van der Waals surface area contributed by atoms with Gasteiger partial charge in [-0.3, -0.25) is 19.3 Å². The van der Waals surface area contributed by atoms with Crippen molar-refractivity contribution in [2.45, 2.75) is 13.8 Å². The van der Waals surface area contributed by atoms with Crippen molar-refractivity contribution in [1.82, 2.24) is 9.47 Å². The molecular weight excluding hydrogens is 485 g/mol. The fourth-order valence-corrected chi connectivity index (χ4v) is 4.71. The summed E-state index contributed by atoms with van der Waals surface area (Å²) < 4.78 is 20.0. The van der Waals surface area contributed by atoms with E-state index in [-0.39, 0.29) is 10.6 Å². The lowest BCUT2D eigenvalue weighted by molar-refractivity contribution is -0.127. The Morgan fingerprint density at radius 1 is 1.08 bits per heavy atom. The molecule has 8 nitrogen and oxygen atoms in total. The molecule has 3 amide bonds. The van der Waals surface area contributed by atoms with E-state index in [1.165, 1.54) is 25.3 Å². The number of hydrogen-bond acceptors (Lipinski definition) is 6. The molecule has 1 N–H and O–H groups in total. The number of amides is 3. The number of thioether (sulfide) groups is 1. The number of aryl methyl sites for hydroxylation is 1. The largest absolute Gasteiger partial charge is 0.465 e. The lowest BCUT2D eigenvalue weighted by atomic mass is 10.2. The van der Waals surface area contributed by atoms with Crippen LogP contribution in [0.1, 0.15) is 27.3 Å². The summed E-state index contributed by atoms with van der Waals surface area (Å²) in [5, 5.41) is 1.92. The highest BCUT2D eigenvalue weighted by Gasteiger charge is 2.36. The summed E-state index contributed by atoms with van der Waals surface area (Å²) in [5.74, 6) is -2.13. The Kier molecular flexibility index (Phi) is 7.07. The van der Waals surface area contributed by atoms with E-state index in [1.54, 1.807) is 30.3 Å². The first-order chi connectivity index (χ1) is 17.2. The number of rotatable bonds is 6.